The molecule has 2 aliphatic rings. The van der Waals surface area contributed by atoms with Gasteiger partial charge in [-0.2, -0.15) is 5.10 Å². The Labute approximate surface area is 138 Å². The number of aromatic nitrogens is 2. The fourth-order valence-electron chi connectivity index (χ4n) is 3.43. The summed E-state index contributed by atoms with van der Waals surface area (Å²) < 4.78 is 1.62. The molecule has 0 amide bonds. The highest BCUT2D eigenvalue weighted by Crippen LogP contribution is 2.12. The van der Waals surface area contributed by atoms with E-state index in [-0.39, 0.29) is 5.56 Å². The summed E-state index contributed by atoms with van der Waals surface area (Å²) in [6.45, 7) is 7.96. The number of anilines is 1. The summed E-state index contributed by atoms with van der Waals surface area (Å²) in [5, 5.41) is 4.40. The number of likely N-dealkylation sites (N-methyl/N-ethyl adjacent to an activating group) is 1. The van der Waals surface area contributed by atoms with Crippen molar-refractivity contribution in [1.82, 2.24) is 19.6 Å². The quantitative estimate of drug-likeness (QED) is 0.824. The summed E-state index contributed by atoms with van der Waals surface area (Å²) in [5.74, 6) is 0. The molecule has 1 aromatic rings. The second-order valence-electron chi connectivity index (χ2n) is 6.82. The van der Waals surface area contributed by atoms with Gasteiger partial charge >= 0.3 is 0 Å². The van der Waals surface area contributed by atoms with E-state index in [0.29, 0.717) is 6.54 Å². The number of rotatable bonds is 4. The van der Waals surface area contributed by atoms with Gasteiger partial charge in [0.05, 0.1) is 18.4 Å². The van der Waals surface area contributed by atoms with Crippen molar-refractivity contribution in [1.29, 1.82) is 0 Å². The molecular weight excluding hydrogens is 290 g/mol. The molecule has 6 nitrogen and oxygen atoms in total. The summed E-state index contributed by atoms with van der Waals surface area (Å²) in [6.07, 6.45) is 7.10. The van der Waals surface area contributed by atoms with E-state index < -0.39 is 0 Å². The largest absolute Gasteiger partial charge is 0.368 e. The summed E-state index contributed by atoms with van der Waals surface area (Å²) in [7, 11) is 2.14. The zero-order valence-corrected chi connectivity index (χ0v) is 14.3. The van der Waals surface area contributed by atoms with Crippen molar-refractivity contribution in [3.05, 3.63) is 22.6 Å². The second kappa shape index (κ2) is 7.93. The van der Waals surface area contributed by atoms with E-state index in [1.54, 1.807) is 10.7 Å². The first-order valence-corrected chi connectivity index (χ1v) is 8.95. The molecule has 6 heteroatoms. The van der Waals surface area contributed by atoms with Crippen molar-refractivity contribution in [3.8, 4) is 0 Å². The van der Waals surface area contributed by atoms with Crippen LogP contribution in [-0.2, 0) is 6.54 Å². The van der Waals surface area contributed by atoms with E-state index in [4.69, 9.17) is 0 Å². The van der Waals surface area contributed by atoms with E-state index in [2.05, 4.69) is 26.8 Å². The summed E-state index contributed by atoms with van der Waals surface area (Å²) in [6, 6.07) is 1.75. The number of hydrogen-bond acceptors (Lipinski definition) is 5. The SMILES string of the molecule is CN1CCN(c2cnn(CCN3CCCCCC3)c(=O)c2)CC1. The van der Waals surface area contributed by atoms with Crippen LogP contribution in [0.5, 0.6) is 0 Å². The van der Waals surface area contributed by atoms with Crippen molar-refractivity contribution in [3.63, 3.8) is 0 Å². The average Bonchev–Trinajstić information content (AvgIpc) is 2.83. The van der Waals surface area contributed by atoms with Crippen LogP contribution in [0.1, 0.15) is 25.7 Å². The van der Waals surface area contributed by atoms with Crippen LogP contribution in [0.2, 0.25) is 0 Å². The molecule has 0 N–H and O–H groups in total. The van der Waals surface area contributed by atoms with Crippen LogP contribution in [0.25, 0.3) is 0 Å². The topological polar surface area (TPSA) is 44.6 Å². The zero-order valence-electron chi connectivity index (χ0n) is 14.3. The predicted molar refractivity (Wildman–Crippen MR) is 93.1 cm³/mol. The molecule has 0 atom stereocenters. The standard InChI is InChI=1S/C17H29N5O/c1-19-8-11-21(12-9-19)16-14-17(23)22(18-15-16)13-10-20-6-4-2-3-5-7-20/h14-15H,2-13H2,1H3. The molecule has 0 unspecified atom stereocenters. The van der Waals surface area contributed by atoms with Gasteiger partial charge < -0.3 is 14.7 Å². The monoisotopic (exact) mass is 319 g/mol. The molecule has 3 rings (SSSR count). The Hall–Kier alpha value is -1.40. The average molecular weight is 319 g/mol. The first-order chi connectivity index (χ1) is 11.2. The Balaban J connectivity index is 1.57. The van der Waals surface area contributed by atoms with E-state index >= 15 is 0 Å². The number of likely N-dealkylation sites (tertiary alicyclic amines) is 1. The maximum Gasteiger partial charge on any atom is 0.268 e. The van der Waals surface area contributed by atoms with Gasteiger partial charge in [-0.15, -0.1) is 0 Å². The second-order valence-corrected chi connectivity index (χ2v) is 6.82. The molecular formula is C17H29N5O. The minimum absolute atomic E-state index is 0.0243. The molecule has 0 aliphatic carbocycles. The predicted octanol–water partition coefficient (Wildman–Crippen LogP) is 0.871. The van der Waals surface area contributed by atoms with Crippen molar-refractivity contribution < 1.29 is 0 Å². The van der Waals surface area contributed by atoms with E-state index in [0.717, 1.165) is 51.5 Å². The number of piperazine rings is 1. The minimum Gasteiger partial charge on any atom is -0.368 e. The maximum absolute atomic E-state index is 12.3. The van der Waals surface area contributed by atoms with Crippen LogP contribution in [0.3, 0.4) is 0 Å². The molecule has 128 valence electrons. The highest BCUT2D eigenvalue weighted by atomic mass is 16.1. The lowest BCUT2D eigenvalue weighted by Crippen LogP contribution is -2.45. The normalized spacial score (nSPS) is 21.3. The Bertz CT molecular complexity index is 542. The fourth-order valence-corrected chi connectivity index (χ4v) is 3.43. The zero-order chi connectivity index (χ0) is 16.1. The lowest BCUT2D eigenvalue weighted by molar-refractivity contribution is 0.266. The third-order valence-corrected chi connectivity index (χ3v) is 5.05. The van der Waals surface area contributed by atoms with Gasteiger partial charge in [-0.05, 0) is 33.0 Å². The maximum atomic E-state index is 12.3. The molecule has 0 aromatic carbocycles. The van der Waals surface area contributed by atoms with Gasteiger partial charge in [-0.3, -0.25) is 4.79 Å². The van der Waals surface area contributed by atoms with Gasteiger partial charge in [0.2, 0.25) is 0 Å². The Morgan fingerprint density at radius 2 is 1.65 bits per heavy atom. The van der Waals surface area contributed by atoms with E-state index in [9.17, 15) is 4.79 Å². The van der Waals surface area contributed by atoms with E-state index in [1.807, 2.05) is 6.20 Å². The summed E-state index contributed by atoms with van der Waals surface area (Å²) >= 11 is 0. The molecule has 0 bridgehead atoms. The summed E-state index contributed by atoms with van der Waals surface area (Å²) in [4.78, 5) is 19.4. The van der Waals surface area contributed by atoms with Crippen LogP contribution in [0.15, 0.2) is 17.1 Å². The molecule has 2 saturated heterocycles. The fraction of sp³-hybridized carbons (Fsp3) is 0.765. The number of hydrogen-bond donors (Lipinski definition) is 0. The first-order valence-electron chi connectivity index (χ1n) is 8.95. The van der Waals surface area contributed by atoms with Gasteiger partial charge in [-0.25, -0.2) is 4.68 Å². The molecule has 0 radical (unpaired) electrons. The van der Waals surface area contributed by atoms with Gasteiger partial charge in [0, 0.05) is 38.8 Å². The minimum atomic E-state index is 0.0243. The lowest BCUT2D eigenvalue weighted by atomic mass is 10.2. The molecule has 23 heavy (non-hydrogen) atoms. The first kappa shape index (κ1) is 16.5. The van der Waals surface area contributed by atoms with Gasteiger partial charge in [0.1, 0.15) is 0 Å². The van der Waals surface area contributed by atoms with Gasteiger partial charge in [0.25, 0.3) is 5.56 Å². The van der Waals surface area contributed by atoms with Gasteiger partial charge in [0.15, 0.2) is 0 Å². The van der Waals surface area contributed by atoms with E-state index in [1.165, 1.54) is 25.7 Å². The van der Waals surface area contributed by atoms with Crippen molar-refractivity contribution in [2.75, 3.05) is 57.8 Å². The molecule has 0 spiro atoms. The lowest BCUT2D eigenvalue weighted by Gasteiger charge is -2.33. The van der Waals surface area contributed by atoms with Crippen LogP contribution in [0.4, 0.5) is 5.69 Å². The smallest absolute Gasteiger partial charge is 0.268 e. The number of nitrogens with zero attached hydrogens (tertiary/aromatic N) is 5. The van der Waals surface area contributed by atoms with Crippen LogP contribution in [0, 0.1) is 0 Å². The molecule has 3 heterocycles. The van der Waals surface area contributed by atoms with Gasteiger partial charge in [-0.1, -0.05) is 12.8 Å². The summed E-state index contributed by atoms with van der Waals surface area (Å²) in [5.41, 5.74) is 0.991. The third-order valence-electron chi connectivity index (χ3n) is 5.05. The Morgan fingerprint density at radius 1 is 0.957 bits per heavy atom. The molecule has 2 aliphatic heterocycles. The van der Waals surface area contributed by atoms with Crippen molar-refractivity contribution in [2.24, 2.45) is 0 Å². The highest BCUT2D eigenvalue weighted by molar-refractivity contribution is 5.43. The van der Waals surface area contributed by atoms with Crippen LogP contribution >= 0.6 is 0 Å². The third kappa shape index (κ3) is 4.54. The van der Waals surface area contributed by atoms with Crippen molar-refractivity contribution >= 4 is 5.69 Å². The van der Waals surface area contributed by atoms with Crippen molar-refractivity contribution in [2.45, 2.75) is 32.2 Å². The van der Waals surface area contributed by atoms with Crippen LogP contribution < -0.4 is 10.5 Å². The highest BCUT2D eigenvalue weighted by Gasteiger charge is 2.15. The Kier molecular flexibility index (Phi) is 5.67. The molecule has 1 aromatic heterocycles. The van der Waals surface area contributed by atoms with Crippen LogP contribution in [-0.4, -0.2) is 72.4 Å². The molecule has 0 saturated carbocycles. The molecule has 2 fully saturated rings. The Morgan fingerprint density at radius 3 is 2.30 bits per heavy atom.